The first kappa shape index (κ1) is 9.44. The normalized spacial score (nSPS) is 24.7. The summed E-state index contributed by atoms with van der Waals surface area (Å²) in [5.74, 6) is 1.25. The van der Waals surface area contributed by atoms with Crippen molar-refractivity contribution in [1.29, 1.82) is 0 Å². The van der Waals surface area contributed by atoms with E-state index in [9.17, 15) is 4.39 Å². The topological polar surface area (TPSA) is 24.9 Å². The van der Waals surface area contributed by atoms with Gasteiger partial charge in [-0.1, -0.05) is 13.3 Å². The van der Waals surface area contributed by atoms with Crippen molar-refractivity contribution in [1.82, 2.24) is 4.98 Å². The van der Waals surface area contributed by atoms with Crippen LogP contribution in [0.4, 0.5) is 10.1 Å². The molecule has 0 amide bonds. The van der Waals surface area contributed by atoms with Gasteiger partial charge in [0, 0.05) is 24.5 Å². The fourth-order valence-electron chi connectivity index (χ4n) is 1.82. The highest BCUT2D eigenvalue weighted by Gasteiger charge is 2.34. The summed E-state index contributed by atoms with van der Waals surface area (Å²) in [6, 6.07) is 3.23. The van der Waals surface area contributed by atoms with Crippen molar-refractivity contribution in [2.75, 3.05) is 11.9 Å². The van der Waals surface area contributed by atoms with Crippen LogP contribution < -0.4 is 5.32 Å². The third-order valence-electron chi connectivity index (χ3n) is 2.89. The van der Waals surface area contributed by atoms with Crippen LogP contribution in [0.15, 0.2) is 18.3 Å². The minimum atomic E-state index is -0.419. The van der Waals surface area contributed by atoms with Gasteiger partial charge in [-0.3, -0.25) is 0 Å². The van der Waals surface area contributed by atoms with Crippen LogP contribution in [-0.2, 0) is 0 Å². The van der Waals surface area contributed by atoms with Crippen molar-refractivity contribution in [3.05, 3.63) is 24.3 Å². The molecule has 1 saturated carbocycles. The summed E-state index contributed by atoms with van der Waals surface area (Å²) in [6.45, 7) is 3.18. The average Bonchev–Trinajstić information content (AvgIpc) is 2.93. The Bertz CT molecular complexity index is 314. The van der Waals surface area contributed by atoms with Crippen molar-refractivity contribution in [3.63, 3.8) is 0 Å². The van der Waals surface area contributed by atoms with Crippen molar-refractivity contribution < 1.29 is 4.39 Å². The van der Waals surface area contributed by atoms with Crippen LogP contribution in [0.25, 0.3) is 0 Å². The molecule has 3 heteroatoms. The van der Waals surface area contributed by atoms with E-state index in [1.165, 1.54) is 25.1 Å². The summed E-state index contributed by atoms with van der Waals surface area (Å²) in [5, 5.41) is 3.23. The number of nitrogens with one attached hydrogen (secondary N) is 1. The fraction of sp³-hybridized carbons (Fsp3) is 0.545. The number of hydrogen-bond acceptors (Lipinski definition) is 2. The second kappa shape index (κ2) is 3.95. The van der Waals surface area contributed by atoms with Crippen LogP contribution in [0, 0.1) is 17.8 Å². The number of anilines is 1. The average molecular weight is 194 g/mol. The van der Waals surface area contributed by atoms with Crippen molar-refractivity contribution in [3.8, 4) is 0 Å². The van der Waals surface area contributed by atoms with E-state index in [-0.39, 0.29) is 0 Å². The van der Waals surface area contributed by atoms with E-state index in [1.54, 1.807) is 6.07 Å². The van der Waals surface area contributed by atoms with E-state index in [2.05, 4.69) is 17.2 Å². The molecular weight excluding hydrogens is 179 g/mol. The Labute approximate surface area is 83.6 Å². The molecule has 0 bridgehead atoms. The van der Waals surface area contributed by atoms with Gasteiger partial charge in [-0.2, -0.15) is 4.39 Å². The summed E-state index contributed by atoms with van der Waals surface area (Å²) in [7, 11) is 0. The lowest BCUT2D eigenvalue weighted by atomic mass is 10.2. The van der Waals surface area contributed by atoms with E-state index in [0.29, 0.717) is 0 Å². The van der Waals surface area contributed by atoms with E-state index < -0.39 is 5.95 Å². The second-order valence-corrected chi connectivity index (χ2v) is 3.91. The largest absolute Gasteiger partial charge is 0.385 e. The molecule has 1 N–H and O–H groups in total. The second-order valence-electron chi connectivity index (χ2n) is 3.91. The minimum absolute atomic E-state index is 0.419. The van der Waals surface area contributed by atoms with E-state index in [4.69, 9.17) is 0 Å². The Balaban J connectivity index is 1.81. The third-order valence-corrected chi connectivity index (χ3v) is 2.89. The number of halogens is 1. The molecule has 14 heavy (non-hydrogen) atoms. The summed E-state index contributed by atoms with van der Waals surface area (Å²) in [6.07, 6.45) is 4.07. The van der Waals surface area contributed by atoms with Crippen LogP contribution in [0.5, 0.6) is 0 Å². The zero-order chi connectivity index (χ0) is 9.97. The molecule has 1 aromatic rings. The van der Waals surface area contributed by atoms with Gasteiger partial charge in [0.15, 0.2) is 0 Å². The van der Waals surface area contributed by atoms with E-state index >= 15 is 0 Å². The number of pyridine rings is 1. The van der Waals surface area contributed by atoms with Gasteiger partial charge in [0.1, 0.15) is 0 Å². The van der Waals surface area contributed by atoms with Crippen LogP contribution in [0.2, 0.25) is 0 Å². The Kier molecular flexibility index (Phi) is 2.66. The summed E-state index contributed by atoms with van der Waals surface area (Å²) in [5.41, 5.74) is 0.833. The van der Waals surface area contributed by atoms with Crippen LogP contribution in [-0.4, -0.2) is 11.5 Å². The molecule has 2 nitrogen and oxygen atoms in total. The molecule has 0 spiro atoms. The number of hydrogen-bond donors (Lipinski definition) is 1. The third kappa shape index (κ3) is 2.22. The number of nitrogens with zero attached hydrogens (tertiary/aromatic N) is 1. The molecule has 0 aromatic carbocycles. The van der Waals surface area contributed by atoms with Crippen molar-refractivity contribution in [2.24, 2.45) is 11.8 Å². The Morgan fingerprint density at radius 3 is 3.07 bits per heavy atom. The first-order valence-corrected chi connectivity index (χ1v) is 5.15. The molecule has 76 valence electrons. The van der Waals surface area contributed by atoms with Gasteiger partial charge < -0.3 is 5.32 Å². The van der Waals surface area contributed by atoms with Crippen molar-refractivity contribution in [2.45, 2.75) is 19.8 Å². The van der Waals surface area contributed by atoms with Crippen LogP contribution in [0.1, 0.15) is 19.8 Å². The first-order valence-electron chi connectivity index (χ1n) is 5.15. The molecule has 1 aromatic heterocycles. The molecule has 1 aliphatic rings. The highest BCUT2D eigenvalue weighted by atomic mass is 19.1. The molecule has 2 rings (SSSR count). The van der Waals surface area contributed by atoms with Crippen LogP contribution in [0.3, 0.4) is 0 Å². The maximum Gasteiger partial charge on any atom is 0.214 e. The van der Waals surface area contributed by atoms with Gasteiger partial charge >= 0.3 is 0 Å². The minimum Gasteiger partial charge on any atom is -0.385 e. The molecule has 0 radical (unpaired) electrons. The maximum absolute atomic E-state index is 12.7. The van der Waals surface area contributed by atoms with Gasteiger partial charge in [0.25, 0.3) is 0 Å². The zero-order valence-electron chi connectivity index (χ0n) is 8.33. The Morgan fingerprint density at radius 1 is 1.57 bits per heavy atom. The first-order chi connectivity index (χ1) is 6.79. The molecule has 1 heterocycles. The predicted octanol–water partition coefficient (Wildman–Crippen LogP) is 2.68. The highest BCUT2D eigenvalue weighted by Crippen LogP contribution is 2.40. The molecule has 0 aliphatic heterocycles. The van der Waals surface area contributed by atoms with Crippen molar-refractivity contribution >= 4 is 5.69 Å². The van der Waals surface area contributed by atoms with Gasteiger partial charge in [-0.15, -0.1) is 0 Å². The van der Waals surface area contributed by atoms with Crippen LogP contribution >= 0.6 is 0 Å². The highest BCUT2D eigenvalue weighted by molar-refractivity contribution is 5.41. The predicted molar refractivity (Wildman–Crippen MR) is 54.6 cm³/mol. The smallest absolute Gasteiger partial charge is 0.214 e. The summed E-state index contributed by atoms with van der Waals surface area (Å²) >= 11 is 0. The Hall–Kier alpha value is -1.12. The Morgan fingerprint density at radius 2 is 2.43 bits per heavy atom. The van der Waals surface area contributed by atoms with E-state index in [0.717, 1.165) is 24.1 Å². The molecule has 2 atom stereocenters. The lowest BCUT2D eigenvalue weighted by molar-refractivity contribution is 0.584. The fourth-order valence-corrected chi connectivity index (χ4v) is 1.82. The molecule has 1 aliphatic carbocycles. The molecular formula is C11H15FN2. The van der Waals surface area contributed by atoms with Gasteiger partial charge in [0.2, 0.25) is 5.95 Å². The van der Waals surface area contributed by atoms with Gasteiger partial charge in [-0.05, 0) is 24.3 Å². The number of aromatic nitrogens is 1. The summed E-state index contributed by atoms with van der Waals surface area (Å²) < 4.78 is 12.7. The van der Waals surface area contributed by atoms with Gasteiger partial charge in [0.05, 0.1) is 0 Å². The SMILES string of the molecule is CC[C@@H]1C[C@H]1CNc1ccnc(F)c1. The molecule has 1 fully saturated rings. The van der Waals surface area contributed by atoms with Gasteiger partial charge in [-0.25, -0.2) is 4.98 Å². The van der Waals surface area contributed by atoms with E-state index in [1.807, 2.05) is 0 Å². The lowest BCUT2D eigenvalue weighted by Crippen LogP contribution is -2.05. The number of rotatable bonds is 4. The zero-order valence-corrected chi connectivity index (χ0v) is 8.33. The maximum atomic E-state index is 12.7. The standard InChI is InChI=1S/C11H15FN2/c1-2-8-5-9(8)7-14-10-3-4-13-11(12)6-10/h3-4,6,8-9H,2,5,7H2,1H3,(H,13,14)/t8-,9+/m1/s1. The quantitative estimate of drug-likeness (QED) is 0.745. The monoisotopic (exact) mass is 194 g/mol. The molecule has 0 saturated heterocycles. The lowest BCUT2D eigenvalue weighted by Gasteiger charge is -2.04. The molecule has 0 unspecified atom stereocenters. The summed E-state index contributed by atoms with van der Waals surface area (Å²) in [4.78, 5) is 3.51.